The minimum atomic E-state index is -0.170. The van der Waals surface area contributed by atoms with Crippen LogP contribution in [0.5, 0.6) is 0 Å². The van der Waals surface area contributed by atoms with E-state index in [-0.39, 0.29) is 30.1 Å². The van der Waals surface area contributed by atoms with Crippen LogP contribution in [0.1, 0.15) is 32.4 Å². The summed E-state index contributed by atoms with van der Waals surface area (Å²) in [6.45, 7) is 9.38. The number of nitrogens with one attached hydrogen (secondary N) is 1. The third kappa shape index (κ3) is 5.31. The van der Waals surface area contributed by atoms with Gasteiger partial charge in [0, 0.05) is 64.8 Å². The molecule has 0 saturated carbocycles. The van der Waals surface area contributed by atoms with Gasteiger partial charge in [-0.25, -0.2) is 4.98 Å². The normalized spacial score (nSPS) is 13.7. The molecular weight excluding hydrogens is 516 g/mol. The van der Waals surface area contributed by atoms with Crippen molar-refractivity contribution in [2.45, 2.75) is 33.2 Å². The summed E-state index contributed by atoms with van der Waals surface area (Å²) >= 11 is 5.14. The Balaban J connectivity index is 1.42. The van der Waals surface area contributed by atoms with E-state index in [0.717, 1.165) is 26.1 Å². The lowest BCUT2D eigenvalue weighted by Crippen LogP contribution is -2.50. The first-order valence-electron chi connectivity index (χ1n) is 11.2. The largest absolute Gasteiger partial charge is 0.352 e. The van der Waals surface area contributed by atoms with Crippen molar-refractivity contribution in [2.75, 3.05) is 19.6 Å². The fraction of sp³-hybridized carbons (Fsp3) is 0.360. The molecule has 2 aromatic heterocycles. The van der Waals surface area contributed by atoms with Gasteiger partial charge in [-0.3, -0.25) is 14.4 Å². The first-order valence-corrected chi connectivity index (χ1v) is 12.8. The van der Waals surface area contributed by atoms with E-state index in [1.54, 1.807) is 22.4 Å². The Morgan fingerprint density at radius 2 is 2.06 bits per heavy atom. The molecule has 0 radical (unpaired) electrons. The molecule has 7 nitrogen and oxygen atoms in total. The zero-order valence-corrected chi connectivity index (χ0v) is 21.7. The number of amides is 2. The summed E-state index contributed by atoms with van der Waals surface area (Å²) in [6.07, 6.45) is 4.15. The van der Waals surface area contributed by atoms with Gasteiger partial charge in [0.05, 0.1) is 22.8 Å². The molecule has 2 amide bonds. The van der Waals surface area contributed by atoms with Crippen molar-refractivity contribution < 1.29 is 14.4 Å². The number of Topliss-reactive ketones (excluding diaryl/α,β-unsaturated/α-hetero) is 1. The van der Waals surface area contributed by atoms with Crippen LogP contribution in [0, 0.1) is 19.8 Å². The average Bonchev–Trinajstić information content (AvgIpc) is 3.28. The molecule has 1 N–H and O–H groups in total. The zero-order chi connectivity index (χ0) is 24.4. The van der Waals surface area contributed by atoms with Crippen molar-refractivity contribution in [3.05, 3.63) is 62.7 Å². The number of carbonyl (C=O) groups excluding carboxylic acids is 3. The van der Waals surface area contributed by atoms with Crippen LogP contribution in [0.25, 0.3) is 10.9 Å². The van der Waals surface area contributed by atoms with Crippen LogP contribution in [-0.4, -0.2) is 51.7 Å². The molecule has 178 valence electrons. The number of ketones is 1. The highest BCUT2D eigenvalue weighted by molar-refractivity contribution is 9.10. The molecule has 1 aromatic carbocycles. The summed E-state index contributed by atoms with van der Waals surface area (Å²) in [4.78, 5) is 44.8. The van der Waals surface area contributed by atoms with Gasteiger partial charge in [-0.1, -0.05) is 22.5 Å². The highest BCUT2D eigenvalue weighted by Gasteiger charge is 2.31. The Kier molecular flexibility index (Phi) is 7.33. The molecular formula is C25H27BrN4O3S. The lowest BCUT2D eigenvalue weighted by Gasteiger charge is -2.38. The summed E-state index contributed by atoms with van der Waals surface area (Å²) in [6, 6.07) is 5.73. The van der Waals surface area contributed by atoms with Crippen LogP contribution in [0.2, 0.25) is 0 Å². The number of fused-ring (bicyclic) bond motifs is 1. The molecule has 1 fully saturated rings. The SMILES string of the molecule is C=CC(=O)N1CC(CC(=O)Cn2cc(C(=O)NCCc3nc(C)c(C)s3)c3cc(Br)ccc32)C1. The van der Waals surface area contributed by atoms with Crippen LogP contribution in [0.4, 0.5) is 0 Å². The van der Waals surface area contributed by atoms with Crippen LogP contribution in [0.15, 0.2) is 41.5 Å². The predicted molar refractivity (Wildman–Crippen MR) is 137 cm³/mol. The molecule has 1 saturated heterocycles. The molecule has 1 aliphatic heterocycles. The number of aromatic nitrogens is 2. The smallest absolute Gasteiger partial charge is 0.253 e. The molecule has 34 heavy (non-hydrogen) atoms. The zero-order valence-electron chi connectivity index (χ0n) is 19.3. The Bertz CT molecular complexity index is 1250. The van der Waals surface area contributed by atoms with Crippen molar-refractivity contribution in [2.24, 2.45) is 5.92 Å². The second-order valence-electron chi connectivity index (χ2n) is 8.64. The summed E-state index contributed by atoms with van der Waals surface area (Å²) in [7, 11) is 0. The number of carbonyl (C=O) groups is 3. The highest BCUT2D eigenvalue weighted by atomic mass is 79.9. The first kappa shape index (κ1) is 24.3. The lowest BCUT2D eigenvalue weighted by molar-refractivity contribution is -0.134. The molecule has 0 bridgehead atoms. The molecule has 9 heteroatoms. The average molecular weight is 543 g/mol. The van der Waals surface area contributed by atoms with Gasteiger partial charge in [-0.15, -0.1) is 11.3 Å². The molecule has 0 atom stereocenters. The fourth-order valence-electron chi connectivity index (χ4n) is 4.19. The Morgan fingerprint density at radius 3 is 2.74 bits per heavy atom. The number of halogens is 1. The predicted octanol–water partition coefficient (Wildman–Crippen LogP) is 4.05. The van der Waals surface area contributed by atoms with E-state index in [2.05, 4.69) is 32.8 Å². The quantitative estimate of drug-likeness (QED) is 0.413. The summed E-state index contributed by atoms with van der Waals surface area (Å²) in [5.74, 6) is -0.0106. The van der Waals surface area contributed by atoms with Gasteiger partial charge in [0.15, 0.2) is 5.78 Å². The molecule has 3 heterocycles. The van der Waals surface area contributed by atoms with Crippen molar-refractivity contribution in [3.8, 4) is 0 Å². The highest BCUT2D eigenvalue weighted by Crippen LogP contribution is 2.27. The van der Waals surface area contributed by atoms with Gasteiger partial charge in [0.25, 0.3) is 5.91 Å². The number of aryl methyl sites for hydroxylation is 2. The van der Waals surface area contributed by atoms with E-state index in [9.17, 15) is 14.4 Å². The summed E-state index contributed by atoms with van der Waals surface area (Å²) in [5, 5.41) is 4.80. The van der Waals surface area contributed by atoms with Crippen LogP contribution in [0.3, 0.4) is 0 Å². The monoisotopic (exact) mass is 542 g/mol. The Labute approximate surface area is 211 Å². The van der Waals surface area contributed by atoms with E-state index in [0.29, 0.717) is 38.0 Å². The third-order valence-electron chi connectivity index (χ3n) is 6.09. The standard InChI is InChI=1S/C25H27BrN4O3S/c1-4-24(32)30-11-17(12-30)9-19(31)13-29-14-21(20-10-18(26)5-6-22(20)29)25(33)27-8-7-23-28-15(2)16(3)34-23/h4-6,10,14,17H,1,7-9,11-13H2,2-3H3,(H,27,33). The fourth-order valence-corrected chi connectivity index (χ4v) is 5.48. The van der Waals surface area contributed by atoms with E-state index in [1.807, 2.05) is 36.6 Å². The summed E-state index contributed by atoms with van der Waals surface area (Å²) < 4.78 is 2.71. The molecule has 3 aromatic rings. The van der Waals surface area contributed by atoms with Gasteiger partial charge < -0.3 is 14.8 Å². The van der Waals surface area contributed by atoms with Crippen LogP contribution >= 0.6 is 27.3 Å². The molecule has 0 unspecified atom stereocenters. The van der Waals surface area contributed by atoms with Crippen molar-refractivity contribution in [1.29, 1.82) is 0 Å². The maximum atomic E-state index is 13.0. The number of nitrogens with zero attached hydrogens (tertiary/aromatic N) is 3. The van der Waals surface area contributed by atoms with E-state index < -0.39 is 0 Å². The van der Waals surface area contributed by atoms with Gasteiger partial charge in [-0.2, -0.15) is 0 Å². The number of likely N-dealkylation sites (tertiary alicyclic amines) is 1. The van der Waals surface area contributed by atoms with Crippen molar-refractivity contribution in [1.82, 2.24) is 19.8 Å². The van der Waals surface area contributed by atoms with E-state index in [1.165, 1.54) is 11.0 Å². The van der Waals surface area contributed by atoms with Crippen LogP contribution < -0.4 is 5.32 Å². The Hall–Kier alpha value is -2.78. The maximum absolute atomic E-state index is 13.0. The summed E-state index contributed by atoms with van der Waals surface area (Å²) in [5.41, 5.74) is 2.41. The van der Waals surface area contributed by atoms with Crippen LogP contribution in [-0.2, 0) is 22.6 Å². The molecule has 1 aliphatic rings. The number of benzene rings is 1. The number of hydrogen-bond donors (Lipinski definition) is 1. The third-order valence-corrected chi connectivity index (χ3v) is 7.72. The van der Waals surface area contributed by atoms with Gasteiger partial charge >= 0.3 is 0 Å². The first-order chi connectivity index (χ1) is 16.2. The maximum Gasteiger partial charge on any atom is 0.253 e. The van der Waals surface area contributed by atoms with Crippen molar-refractivity contribution >= 4 is 55.8 Å². The van der Waals surface area contributed by atoms with Crippen molar-refractivity contribution in [3.63, 3.8) is 0 Å². The van der Waals surface area contributed by atoms with E-state index >= 15 is 0 Å². The minimum Gasteiger partial charge on any atom is -0.352 e. The second kappa shape index (κ2) is 10.2. The minimum absolute atomic E-state index is 0.0805. The second-order valence-corrected chi connectivity index (χ2v) is 10.8. The number of hydrogen-bond acceptors (Lipinski definition) is 5. The van der Waals surface area contributed by atoms with Gasteiger partial charge in [-0.05, 0) is 38.1 Å². The number of rotatable bonds is 9. The molecule has 4 rings (SSSR count). The Morgan fingerprint density at radius 1 is 1.29 bits per heavy atom. The lowest BCUT2D eigenvalue weighted by atomic mass is 9.94. The van der Waals surface area contributed by atoms with Gasteiger partial charge in [0.1, 0.15) is 0 Å². The topological polar surface area (TPSA) is 84.3 Å². The van der Waals surface area contributed by atoms with E-state index in [4.69, 9.17) is 0 Å². The molecule has 0 aliphatic carbocycles. The number of thiazole rings is 1. The molecule has 0 spiro atoms. The van der Waals surface area contributed by atoms with Gasteiger partial charge in [0.2, 0.25) is 5.91 Å².